The molecule has 3 rings (SSSR count). The van der Waals surface area contributed by atoms with E-state index in [0.29, 0.717) is 5.02 Å². The van der Waals surface area contributed by atoms with E-state index in [0.717, 1.165) is 21.1 Å². The normalized spacial score (nSPS) is 12.5. The molecule has 0 saturated carbocycles. The summed E-state index contributed by atoms with van der Waals surface area (Å²) in [5, 5.41) is 5.65. The summed E-state index contributed by atoms with van der Waals surface area (Å²) >= 11 is 9.42. The van der Waals surface area contributed by atoms with E-state index in [2.05, 4.69) is 11.1 Å². The molecule has 0 amide bonds. The number of hydrogen-bond acceptors (Lipinski definition) is 4. The van der Waals surface area contributed by atoms with Gasteiger partial charge in [0.25, 0.3) is 0 Å². The van der Waals surface area contributed by atoms with Gasteiger partial charge in [-0.05, 0) is 23.1 Å². The second-order valence-corrected chi connectivity index (χ2v) is 6.29. The van der Waals surface area contributed by atoms with Gasteiger partial charge in [0.1, 0.15) is 5.01 Å². The van der Waals surface area contributed by atoms with Crippen molar-refractivity contribution < 1.29 is 0 Å². The van der Waals surface area contributed by atoms with Crippen LogP contribution in [0.25, 0.3) is 10.6 Å². The molecule has 2 N–H and O–H groups in total. The molecule has 1 unspecified atom stereocenters. The highest BCUT2D eigenvalue weighted by Gasteiger charge is 2.16. The highest BCUT2D eigenvalue weighted by molar-refractivity contribution is 7.14. The SMILES string of the molecule is NC(c1nc(-c2cccs2)cs1)c1ccccc1Cl. The van der Waals surface area contributed by atoms with Crippen molar-refractivity contribution in [3.8, 4) is 10.6 Å². The van der Waals surface area contributed by atoms with Crippen LogP contribution in [0.1, 0.15) is 16.6 Å². The fraction of sp³-hybridized carbons (Fsp3) is 0.0714. The molecule has 5 heteroatoms. The molecule has 2 aromatic heterocycles. The first-order valence-corrected chi connectivity index (χ1v) is 7.89. The molecule has 0 aliphatic carbocycles. The first kappa shape index (κ1) is 12.8. The maximum atomic E-state index is 6.25. The standard InChI is InChI=1S/C14H11ClN2S2/c15-10-5-2-1-4-9(10)13(16)14-17-11(8-19-14)12-6-3-7-18-12/h1-8,13H,16H2. The Labute approximate surface area is 124 Å². The molecule has 19 heavy (non-hydrogen) atoms. The third-order valence-corrected chi connectivity index (χ3v) is 4.97. The summed E-state index contributed by atoms with van der Waals surface area (Å²) in [4.78, 5) is 5.78. The van der Waals surface area contributed by atoms with Crippen LogP contribution in [0.5, 0.6) is 0 Å². The van der Waals surface area contributed by atoms with E-state index in [1.165, 1.54) is 0 Å². The maximum Gasteiger partial charge on any atom is 0.115 e. The van der Waals surface area contributed by atoms with Gasteiger partial charge >= 0.3 is 0 Å². The summed E-state index contributed by atoms with van der Waals surface area (Å²) in [6.07, 6.45) is 0. The summed E-state index contributed by atoms with van der Waals surface area (Å²) in [6, 6.07) is 11.4. The Balaban J connectivity index is 1.93. The molecule has 0 saturated heterocycles. The van der Waals surface area contributed by atoms with E-state index in [1.54, 1.807) is 22.7 Å². The van der Waals surface area contributed by atoms with Crippen molar-refractivity contribution in [3.05, 3.63) is 62.8 Å². The lowest BCUT2D eigenvalue weighted by atomic mass is 10.1. The van der Waals surface area contributed by atoms with Gasteiger partial charge < -0.3 is 5.73 Å². The monoisotopic (exact) mass is 306 g/mol. The largest absolute Gasteiger partial charge is 0.318 e. The number of nitrogens with zero attached hydrogens (tertiary/aromatic N) is 1. The fourth-order valence-electron chi connectivity index (χ4n) is 1.83. The Hall–Kier alpha value is -1.20. The van der Waals surface area contributed by atoms with E-state index in [1.807, 2.05) is 41.1 Å². The second kappa shape index (κ2) is 5.43. The van der Waals surface area contributed by atoms with Crippen LogP contribution in [0.4, 0.5) is 0 Å². The Kier molecular flexibility index (Phi) is 3.66. The lowest BCUT2D eigenvalue weighted by Crippen LogP contribution is -2.11. The predicted octanol–water partition coefficient (Wildman–Crippen LogP) is 4.57. The van der Waals surface area contributed by atoms with Crippen LogP contribution in [-0.2, 0) is 0 Å². The molecular weight excluding hydrogens is 296 g/mol. The number of halogens is 1. The Morgan fingerprint density at radius 1 is 1.11 bits per heavy atom. The van der Waals surface area contributed by atoms with Gasteiger partial charge in [-0.25, -0.2) is 4.98 Å². The first-order valence-electron chi connectivity index (χ1n) is 5.75. The second-order valence-electron chi connectivity index (χ2n) is 4.05. The van der Waals surface area contributed by atoms with Crippen molar-refractivity contribution >= 4 is 34.3 Å². The Bertz CT molecular complexity index is 676. The number of benzene rings is 1. The van der Waals surface area contributed by atoms with Crippen molar-refractivity contribution in [1.29, 1.82) is 0 Å². The van der Waals surface area contributed by atoms with Crippen LogP contribution < -0.4 is 5.73 Å². The summed E-state index contributed by atoms with van der Waals surface area (Å²) in [5.41, 5.74) is 8.15. The quantitative estimate of drug-likeness (QED) is 0.769. The molecule has 0 aliphatic heterocycles. The third-order valence-electron chi connectivity index (χ3n) is 2.80. The first-order chi connectivity index (χ1) is 9.25. The van der Waals surface area contributed by atoms with Gasteiger partial charge in [-0.15, -0.1) is 22.7 Å². The lowest BCUT2D eigenvalue weighted by Gasteiger charge is -2.10. The van der Waals surface area contributed by atoms with Gasteiger partial charge in [0.2, 0.25) is 0 Å². The van der Waals surface area contributed by atoms with E-state index < -0.39 is 0 Å². The van der Waals surface area contributed by atoms with Gasteiger partial charge in [-0.1, -0.05) is 35.9 Å². The minimum absolute atomic E-state index is 0.271. The van der Waals surface area contributed by atoms with Crippen molar-refractivity contribution in [2.45, 2.75) is 6.04 Å². The third kappa shape index (κ3) is 2.58. The van der Waals surface area contributed by atoms with Crippen LogP contribution in [0, 0.1) is 0 Å². The van der Waals surface area contributed by atoms with Crippen LogP contribution in [0.15, 0.2) is 47.2 Å². The van der Waals surface area contributed by atoms with Crippen molar-refractivity contribution in [1.82, 2.24) is 4.98 Å². The molecule has 0 radical (unpaired) electrons. The summed E-state index contributed by atoms with van der Waals surface area (Å²) in [6.45, 7) is 0. The van der Waals surface area contributed by atoms with Gasteiger partial charge in [-0.3, -0.25) is 0 Å². The van der Waals surface area contributed by atoms with Gasteiger partial charge in [0.05, 0.1) is 16.6 Å². The zero-order valence-electron chi connectivity index (χ0n) is 9.92. The molecule has 3 aromatic rings. The van der Waals surface area contributed by atoms with Crippen LogP contribution in [0.2, 0.25) is 5.02 Å². The highest BCUT2D eigenvalue weighted by atomic mass is 35.5. The zero-order valence-corrected chi connectivity index (χ0v) is 12.3. The number of aromatic nitrogens is 1. The topological polar surface area (TPSA) is 38.9 Å². The van der Waals surface area contributed by atoms with Crippen LogP contribution in [0.3, 0.4) is 0 Å². The van der Waals surface area contributed by atoms with Crippen LogP contribution >= 0.6 is 34.3 Å². The number of rotatable bonds is 3. The molecule has 1 aromatic carbocycles. The van der Waals surface area contributed by atoms with Crippen molar-refractivity contribution in [2.24, 2.45) is 5.73 Å². The lowest BCUT2D eigenvalue weighted by molar-refractivity contribution is 0.859. The summed E-state index contributed by atoms with van der Waals surface area (Å²) in [7, 11) is 0. The minimum atomic E-state index is -0.271. The average molecular weight is 307 g/mol. The summed E-state index contributed by atoms with van der Waals surface area (Å²) < 4.78 is 0. The predicted molar refractivity (Wildman–Crippen MR) is 82.9 cm³/mol. The van der Waals surface area contributed by atoms with E-state index in [4.69, 9.17) is 17.3 Å². The Morgan fingerprint density at radius 3 is 2.68 bits per heavy atom. The molecule has 0 spiro atoms. The van der Waals surface area contributed by atoms with E-state index in [-0.39, 0.29) is 6.04 Å². The molecule has 0 bridgehead atoms. The maximum absolute atomic E-state index is 6.25. The minimum Gasteiger partial charge on any atom is -0.318 e. The van der Waals surface area contributed by atoms with Gasteiger partial charge in [0, 0.05) is 10.4 Å². The molecule has 1 atom stereocenters. The fourth-order valence-corrected chi connectivity index (χ4v) is 3.68. The zero-order chi connectivity index (χ0) is 13.2. The smallest absolute Gasteiger partial charge is 0.115 e. The van der Waals surface area contributed by atoms with E-state index in [9.17, 15) is 0 Å². The molecule has 96 valence electrons. The molecule has 0 fully saturated rings. The van der Waals surface area contributed by atoms with Gasteiger partial charge in [0.15, 0.2) is 0 Å². The molecule has 0 aliphatic rings. The number of nitrogens with two attached hydrogens (primary N) is 1. The molecule has 2 heterocycles. The molecule has 2 nitrogen and oxygen atoms in total. The highest BCUT2D eigenvalue weighted by Crippen LogP contribution is 2.32. The van der Waals surface area contributed by atoms with Crippen LogP contribution in [-0.4, -0.2) is 4.98 Å². The molecular formula is C14H11ClN2S2. The summed E-state index contributed by atoms with van der Waals surface area (Å²) in [5.74, 6) is 0. The van der Waals surface area contributed by atoms with Crippen molar-refractivity contribution in [2.75, 3.05) is 0 Å². The van der Waals surface area contributed by atoms with E-state index >= 15 is 0 Å². The number of hydrogen-bond donors (Lipinski definition) is 1. The van der Waals surface area contributed by atoms with Crippen molar-refractivity contribution in [3.63, 3.8) is 0 Å². The number of thiophene rings is 1. The number of thiazole rings is 1. The van der Waals surface area contributed by atoms with Gasteiger partial charge in [-0.2, -0.15) is 0 Å². The Morgan fingerprint density at radius 2 is 1.95 bits per heavy atom. The average Bonchev–Trinajstić information content (AvgIpc) is 3.09.